The van der Waals surface area contributed by atoms with Crippen LogP contribution in [0.4, 0.5) is 5.69 Å². The minimum atomic E-state index is 0.360. The maximum absolute atomic E-state index is 10.1. The third-order valence-electron chi connectivity index (χ3n) is 1.63. The molecule has 0 atom stereocenters. The van der Waals surface area contributed by atoms with Gasteiger partial charge in [-0.05, 0) is 17.3 Å². The Morgan fingerprint density at radius 2 is 1.92 bits per heavy atom. The fourth-order valence-corrected chi connectivity index (χ4v) is 1.09. The van der Waals surface area contributed by atoms with Gasteiger partial charge < -0.3 is 9.47 Å². The van der Waals surface area contributed by atoms with Gasteiger partial charge in [-0.25, -0.2) is 0 Å². The molecule has 0 radical (unpaired) electrons. The molecule has 1 aliphatic heterocycles. The Bertz CT molecular complexity index is 311. The number of benzene rings is 1. The van der Waals surface area contributed by atoms with Crippen LogP contribution in [0.5, 0.6) is 11.5 Å². The summed E-state index contributed by atoms with van der Waals surface area (Å²) in [5.74, 6) is 1.27. The molecule has 62 valence electrons. The van der Waals surface area contributed by atoms with E-state index in [1.54, 1.807) is 18.2 Å². The van der Waals surface area contributed by atoms with Crippen LogP contribution in [0.15, 0.2) is 23.4 Å². The first-order valence-electron chi connectivity index (χ1n) is 3.63. The molecule has 2 rings (SSSR count). The molecular formula is C8H7NO3. The maximum Gasteiger partial charge on any atom is 0.163 e. The summed E-state index contributed by atoms with van der Waals surface area (Å²) >= 11 is 0. The van der Waals surface area contributed by atoms with E-state index in [0.29, 0.717) is 30.4 Å². The smallest absolute Gasteiger partial charge is 0.163 e. The Hall–Kier alpha value is -1.58. The van der Waals surface area contributed by atoms with Gasteiger partial charge in [0.1, 0.15) is 18.9 Å². The lowest BCUT2D eigenvalue weighted by Gasteiger charge is -2.17. The van der Waals surface area contributed by atoms with Gasteiger partial charge in [0.25, 0.3) is 0 Å². The first-order valence-corrected chi connectivity index (χ1v) is 3.63. The molecule has 0 fully saturated rings. The van der Waals surface area contributed by atoms with E-state index in [1.165, 1.54) is 0 Å². The monoisotopic (exact) mass is 165 g/mol. The van der Waals surface area contributed by atoms with E-state index in [9.17, 15) is 4.91 Å². The SMILES string of the molecule is O=Nc1ccc2c(c1)OCCO2. The third-order valence-corrected chi connectivity index (χ3v) is 1.63. The topological polar surface area (TPSA) is 47.9 Å². The minimum Gasteiger partial charge on any atom is -0.486 e. The van der Waals surface area contributed by atoms with Crippen LogP contribution in [-0.4, -0.2) is 13.2 Å². The Kier molecular flexibility index (Phi) is 1.66. The average Bonchev–Trinajstić information content (AvgIpc) is 2.17. The molecule has 0 saturated heterocycles. The Labute approximate surface area is 69.1 Å². The summed E-state index contributed by atoms with van der Waals surface area (Å²) < 4.78 is 10.5. The molecule has 1 aromatic rings. The van der Waals surface area contributed by atoms with Gasteiger partial charge in [0.05, 0.1) is 0 Å². The summed E-state index contributed by atoms with van der Waals surface area (Å²) in [6.45, 7) is 1.08. The van der Waals surface area contributed by atoms with Gasteiger partial charge in [-0.3, -0.25) is 0 Å². The lowest BCUT2D eigenvalue weighted by molar-refractivity contribution is 0.171. The van der Waals surface area contributed by atoms with Crippen LogP contribution in [0.2, 0.25) is 0 Å². The first-order chi connectivity index (χ1) is 5.90. The van der Waals surface area contributed by atoms with Crippen molar-refractivity contribution in [2.24, 2.45) is 5.18 Å². The lowest BCUT2D eigenvalue weighted by atomic mass is 10.3. The molecule has 0 unspecified atom stereocenters. The van der Waals surface area contributed by atoms with E-state index in [-0.39, 0.29) is 0 Å². The van der Waals surface area contributed by atoms with Gasteiger partial charge in [-0.15, -0.1) is 4.91 Å². The zero-order chi connectivity index (χ0) is 8.39. The van der Waals surface area contributed by atoms with E-state index in [2.05, 4.69) is 5.18 Å². The highest BCUT2D eigenvalue weighted by atomic mass is 16.6. The summed E-state index contributed by atoms with van der Waals surface area (Å²) in [4.78, 5) is 10.1. The zero-order valence-corrected chi connectivity index (χ0v) is 6.32. The molecule has 4 nitrogen and oxygen atoms in total. The van der Waals surface area contributed by atoms with E-state index >= 15 is 0 Å². The Morgan fingerprint density at radius 1 is 1.17 bits per heavy atom. The number of nitroso groups, excluding NO2 is 1. The van der Waals surface area contributed by atoms with Gasteiger partial charge in [-0.1, -0.05) is 0 Å². The molecule has 4 heteroatoms. The summed E-state index contributed by atoms with van der Waals surface area (Å²) in [5, 5.41) is 2.79. The Balaban J connectivity index is 2.42. The van der Waals surface area contributed by atoms with Crippen LogP contribution < -0.4 is 9.47 Å². The van der Waals surface area contributed by atoms with Crippen LogP contribution in [0.25, 0.3) is 0 Å². The van der Waals surface area contributed by atoms with Crippen molar-refractivity contribution >= 4 is 5.69 Å². The van der Waals surface area contributed by atoms with Crippen molar-refractivity contribution in [3.8, 4) is 11.5 Å². The number of hydrogen-bond acceptors (Lipinski definition) is 4. The molecule has 0 amide bonds. The van der Waals surface area contributed by atoms with Gasteiger partial charge >= 0.3 is 0 Å². The molecule has 1 heterocycles. The highest BCUT2D eigenvalue weighted by Crippen LogP contribution is 2.33. The molecule has 1 aliphatic rings. The molecule has 0 aliphatic carbocycles. The van der Waals surface area contributed by atoms with Crippen LogP contribution in [0.3, 0.4) is 0 Å². The van der Waals surface area contributed by atoms with Crippen molar-refractivity contribution in [1.82, 2.24) is 0 Å². The van der Waals surface area contributed by atoms with Crippen LogP contribution in [0, 0.1) is 4.91 Å². The van der Waals surface area contributed by atoms with Crippen molar-refractivity contribution in [2.45, 2.75) is 0 Å². The maximum atomic E-state index is 10.1. The normalized spacial score (nSPS) is 14.0. The fourth-order valence-electron chi connectivity index (χ4n) is 1.09. The highest BCUT2D eigenvalue weighted by molar-refractivity contribution is 5.51. The van der Waals surface area contributed by atoms with E-state index in [0.717, 1.165) is 0 Å². The molecule has 0 spiro atoms. The van der Waals surface area contributed by atoms with Crippen molar-refractivity contribution in [3.63, 3.8) is 0 Å². The van der Waals surface area contributed by atoms with Crippen LogP contribution in [0.1, 0.15) is 0 Å². The lowest BCUT2D eigenvalue weighted by Crippen LogP contribution is -2.14. The van der Waals surface area contributed by atoms with Gasteiger partial charge in [-0.2, -0.15) is 0 Å². The standard InChI is InChI=1S/C8H7NO3/c10-9-6-1-2-7-8(5-6)12-4-3-11-7/h1-2,5H,3-4H2. The number of fused-ring (bicyclic) bond motifs is 1. The predicted molar refractivity (Wildman–Crippen MR) is 42.9 cm³/mol. The van der Waals surface area contributed by atoms with Crippen molar-refractivity contribution in [3.05, 3.63) is 23.1 Å². The molecule has 0 aromatic heterocycles. The van der Waals surface area contributed by atoms with Crippen molar-refractivity contribution < 1.29 is 9.47 Å². The summed E-state index contributed by atoms with van der Waals surface area (Å²) in [6.07, 6.45) is 0. The van der Waals surface area contributed by atoms with E-state index in [4.69, 9.17) is 9.47 Å². The third kappa shape index (κ3) is 1.11. The second-order valence-corrected chi connectivity index (χ2v) is 2.42. The highest BCUT2D eigenvalue weighted by Gasteiger charge is 2.11. The number of hydrogen-bond donors (Lipinski definition) is 0. The molecule has 1 aromatic carbocycles. The van der Waals surface area contributed by atoms with E-state index in [1.807, 2.05) is 0 Å². The predicted octanol–water partition coefficient (Wildman–Crippen LogP) is 1.86. The van der Waals surface area contributed by atoms with Gasteiger partial charge in [0.2, 0.25) is 0 Å². The molecular weight excluding hydrogens is 158 g/mol. The molecule has 0 bridgehead atoms. The quantitative estimate of drug-likeness (QED) is 0.596. The second kappa shape index (κ2) is 2.81. The number of nitrogens with zero attached hydrogens (tertiary/aromatic N) is 1. The van der Waals surface area contributed by atoms with Gasteiger partial charge in [0, 0.05) is 6.07 Å². The summed E-state index contributed by atoms with van der Waals surface area (Å²) in [5.41, 5.74) is 0.360. The Morgan fingerprint density at radius 3 is 2.67 bits per heavy atom. The molecule has 12 heavy (non-hydrogen) atoms. The zero-order valence-electron chi connectivity index (χ0n) is 6.32. The van der Waals surface area contributed by atoms with Gasteiger partial charge in [0.15, 0.2) is 11.5 Å². The second-order valence-electron chi connectivity index (χ2n) is 2.42. The van der Waals surface area contributed by atoms with Crippen LogP contribution in [-0.2, 0) is 0 Å². The molecule has 0 saturated carbocycles. The van der Waals surface area contributed by atoms with E-state index < -0.39 is 0 Å². The molecule has 0 N–H and O–H groups in total. The average molecular weight is 165 g/mol. The van der Waals surface area contributed by atoms with Crippen LogP contribution >= 0.6 is 0 Å². The fraction of sp³-hybridized carbons (Fsp3) is 0.250. The number of ether oxygens (including phenoxy) is 2. The summed E-state index contributed by atoms with van der Waals surface area (Å²) in [7, 11) is 0. The van der Waals surface area contributed by atoms with Crippen molar-refractivity contribution in [2.75, 3.05) is 13.2 Å². The minimum absolute atomic E-state index is 0.360. The first kappa shape index (κ1) is 7.09. The number of rotatable bonds is 1. The largest absolute Gasteiger partial charge is 0.486 e. The van der Waals surface area contributed by atoms with Crippen molar-refractivity contribution in [1.29, 1.82) is 0 Å². The summed E-state index contributed by atoms with van der Waals surface area (Å²) in [6, 6.07) is 4.85.